The highest BCUT2D eigenvalue weighted by atomic mass is 19.4. The molecule has 1 aromatic rings. The number of alkyl halides is 3. The average molecular weight is 414 g/mol. The summed E-state index contributed by atoms with van der Waals surface area (Å²) < 4.78 is 41.6. The maximum Gasteiger partial charge on any atom is 0.389 e. The Hall–Kier alpha value is -2.58. The molecular weight excluding hydrogens is 389 g/mol. The molecule has 0 aliphatic carbocycles. The van der Waals surface area contributed by atoms with Gasteiger partial charge in [-0.1, -0.05) is 37.8 Å². The Kier molecular flexibility index (Phi) is 7.64. The van der Waals surface area contributed by atoms with E-state index in [1.54, 1.807) is 24.3 Å². The molecule has 9 heteroatoms. The van der Waals surface area contributed by atoms with E-state index in [-0.39, 0.29) is 19.3 Å². The van der Waals surface area contributed by atoms with Gasteiger partial charge < -0.3 is 4.74 Å². The maximum atomic E-state index is 12.6. The van der Waals surface area contributed by atoms with E-state index in [4.69, 9.17) is 4.74 Å². The number of benzene rings is 1. The number of barbiturate groups is 1. The number of urea groups is 1. The van der Waals surface area contributed by atoms with Crippen molar-refractivity contribution in [2.45, 2.75) is 57.5 Å². The van der Waals surface area contributed by atoms with Gasteiger partial charge in [0.2, 0.25) is 11.8 Å². The van der Waals surface area contributed by atoms with Crippen LogP contribution in [-0.2, 0) is 16.0 Å². The molecule has 0 atom stereocenters. The van der Waals surface area contributed by atoms with E-state index in [0.29, 0.717) is 31.4 Å². The van der Waals surface area contributed by atoms with Gasteiger partial charge in [0.1, 0.15) is 11.2 Å². The predicted octanol–water partition coefficient (Wildman–Crippen LogP) is 3.88. The molecule has 0 unspecified atom stereocenters. The van der Waals surface area contributed by atoms with Crippen LogP contribution in [0.5, 0.6) is 5.75 Å². The fourth-order valence-electron chi connectivity index (χ4n) is 3.43. The van der Waals surface area contributed by atoms with Crippen molar-refractivity contribution in [3.8, 4) is 5.75 Å². The molecule has 0 radical (unpaired) electrons. The number of hydrogen-bond acceptors (Lipinski definition) is 4. The van der Waals surface area contributed by atoms with Crippen molar-refractivity contribution in [2.75, 3.05) is 7.11 Å². The fourth-order valence-corrected chi connectivity index (χ4v) is 3.43. The molecule has 0 aromatic heterocycles. The van der Waals surface area contributed by atoms with Gasteiger partial charge in [-0.15, -0.1) is 0 Å². The van der Waals surface area contributed by atoms with Crippen molar-refractivity contribution in [3.05, 3.63) is 29.8 Å². The largest absolute Gasteiger partial charge is 0.497 e. The second kappa shape index (κ2) is 9.76. The van der Waals surface area contributed by atoms with Crippen LogP contribution in [0.15, 0.2) is 24.3 Å². The molecule has 6 nitrogen and oxygen atoms in total. The number of hydrogen-bond donors (Lipinski definition) is 2. The van der Waals surface area contributed by atoms with E-state index in [1.165, 1.54) is 7.11 Å². The van der Waals surface area contributed by atoms with Crippen molar-refractivity contribution in [1.82, 2.24) is 10.6 Å². The first kappa shape index (κ1) is 22.7. The first-order valence-corrected chi connectivity index (χ1v) is 9.53. The van der Waals surface area contributed by atoms with Crippen molar-refractivity contribution in [2.24, 2.45) is 5.41 Å². The molecule has 2 rings (SSSR count). The number of imide groups is 2. The molecule has 160 valence electrons. The van der Waals surface area contributed by atoms with E-state index in [9.17, 15) is 27.6 Å². The fraction of sp³-hybridized carbons (Fsp3) is 0.550. The summed E-state index contributed by atoms with van der Waals surface area (Å²) >= 11 is 0. The first-order chi connectivity index (χ1) is 13.7. The molecule has 1 aliphatic heterocycles. The molecule has 1 aromatic carbocycles. The Morgan fingerprint density at radius 1 is 0.897 bits per heavy atom. The number of amides is 4. The number of carbonyl (C=O) groups excluding carboxylic acids is 3. The highest BCUT2D eigenvalue weighted by Gasteiger charge is 2.49. The van der Waals surface area contributed by atoms with Gasteiger partial charge in [0.25, 0.3) is 0 Å². The molecule has 0 saturated carbocycles. The summed E-state index contributed by atoms with van der Waals surface area (Å²) in [6.45, 7) is 0. The van der Waals surface area contributed by atoms with Crippen LogP contribution in [-0.4, -0.2) is 31.1 Å². The van der Waals surface area contributed by atoms with Crippen LogP contribution < -0.4 is 15.4 Å². The summed E-state index contributed by atoms with van der Waals surface area (Å²) in [7, 11) is 1.53. The second-order valence-electron chi connectivity index (χ2n) is 7.23. The van der Waals surface area contributed by atoms with Crippen molar-refractivity contribution >= 4 is 17.8 Å². The number of rotatable bonds is 10. The lowest BCUT2D eigenvalue weighted by Gasteiger charge is -2.34. The molecule has 0 bridgehead atoms. The summed E-state index contributed by atoms with van der Waals surface area (Å²) in [5.74, 6) is -0.673. The molecule has 1 heterocycles. The second-order valence-corrected chi connectivity index (χ2v) is 7.23. The Morgan fingerprint density at radius 2 is 1.45 bits per heavy atom. The van der Waals surface area contributed by atoms with Gasteiger partial charge in [-0.3, -0.25) is 20.2 Å². The minimum atomic E-state index is -4.15. The highest BCUT2D eigenvalue weighted by Crippen LogP contribution is 2.33. The molecule has 29 heavy (non-hydrogen) atoms. The van der Waals surface area contributed by atoms with Gasteiger partial charge in [0.15, 0.2) is 0 Å². The lowest BCUT2D eigenvalue weighted by Crippen LogP contribution is -2.63. The van der Waals surface area contributed by atoms with Crippen LogP contribution in [0.3, 0.4) is 0 Å². The number of unbranched alkanes of at least 4 members (excludes halogenated alkanes) is 4. The molecule has 1 fully saturated rings. The Morgan fingerprint density at radius 3 is 2.00 bits per heavy atom. The quantitative estimate of drug-likeness (QED) is 0.450. The Bertz CT molecular complexity index is 712. The number of carbonyl (C=O) groups is 3. The van der Waals surface area contributed by atoms with Crippen LogP contribution in [0.2, 0.25) is 0 Å². The van der Waals surface area contributed by atoms with Gasteiger partial charge >= 0.3 is 12.2 Å². The zero-order valence-corrected chi connectivity index (χ0v) is 16.2. The average Bonchev–Trinajstić information content (AvgIpc) is 2.64. The summed E-state index contributed by atoms with van der Waals surface area (Å²) in [6.07, 6.45) is -2.49. The highest BCUT2D eigenvalue weighted by molar-refractivity contribution is 6.19. The molecular formula is C20H25F3N2O4. The maximum absolute atomic E-state index is 12.6. The van der Waals surface area contributed by atoms with Gasteiger partial charge in [0, 0.05) is 6.42 Å². The van der Waals surface area contributed by atoms with Crippen LogP contribution in [0, 0.1) is 5.41 Å². The van der Waals surface area contributed by atoms with Crippen molar-refractivity contribution < 1.29 is 32.3 Å². The molecule has 1 aliphatic rings. The zero-order chi connectivity index (χ0) is 21.5. The van der Waals surface area contributed by atoms with Crippen molar-refractivity contribution in [3.63, 3.8) is 0 Å². The molecule has 1 saturated heterocycles. The van der Waals surface area contributed by atoms with E-state index in [1.807, 2.05) is 0 Å². The van der Waals surface area contributed by atoms with Gasteiger partial charge in [-0.25, -0.2) is 4.79 Å². The van der Waals surface area contributed by atoms with E-state index < -0.39 is 35.9 Å². The third-order valence-electron chi connectivity index (χ3n) is 5.05. The van der Waals surface area contributed by atoms with Crippen LogP contribution in [0.4, 0.5) is 18.0 Å². The van der Waals surface area contributed by atoms with E-state index in [2.05, 4.69) is 10.6 Å². The van der Waals surface area contributed by atoms with Gasteiger partial charge in [-0.2, -0.15) is 13.2 Å². The van der Waals surface area contributed by atoms with E-state index >= 15 is 0 Å². The topological polar surface area (TPSA) is 84.5 Å². The van der Waals surface area contributed by atoms with Crippen LogP contribution >= 0.6 is 0 Å². The van der Waals surface area contributed by atoms with Gasteiger partial charge in [0.05, 0.1) is 7.11 Å². The minimum absolute atomic E-state index is 0.0654. The monoisotopic (exact) mass is 414 g/mol. The lowest BCUT2D eigenvalue weighted by atomic mass is 9.74. The standard InChI is InChI=1S/C20H25F3N2O4/c1-29-15-9-7-14(8-10-15)13-19(16(26)24-18(28)25-17(19)27)11-5-3-2-4-6-12-20(21,22)23/h7-10H,2-6,11-13H2,1H3,(H2,24,25,26,27,28). The molecule has 0 spiro atoms. The third-order valence-corrected chi connectivity index (χ3v) is 5.05. The third kappa shape index (κ3) is 6.47. The first-order valence-electron chi connectivity index (χ1n) is 9.53. The van der Waals surface area contributed by atoms with Crippen LogP contribution in [0.25, 0.3) is 0 Å². The summed E-state index contributed by atoms with van der Waals surface area (Å²) in [5.41, 5.74) is -0.704. The van der Waals surface area contributed by atoms with Crippen molar-refractivity contribution in [1.29, 1.82) is 0 Å². The summed E-state index contributed by atoms with van der Waals surface area (Å²) in [5, 5.41) is 4.32. The molecule has 2 N–H and O–H groups in total. The Balaban J connectivity index is 1.99. The predicted molar refractivity (Wildman–Crippen MR) is 99.2 cm³/mol. The zero-order valence-electron chi connectivity index (χ0n) is 16.2. The van der Waals surface area contributed by atoms with Crippen LogP contribution in [0.1, 0.15) is 50.5 Å². The van der Waals surface area contributed by atoms with E-state index in [0.717, 1.165) is 5.56 Å². The summed E-state index contributed by atoms with van der Waals surface area (Å²) in [6, 6.07) is 6.07. The minimum Gasteiger partial charge on any atom is -0.497 e. The number of halogens is 3. The lowest BCUT2D eigenvalue weighted by molar-refractivity contribution is -0.145. The smallest absolute Gasteiger partial charge is 0.389 e. The normalized spacial score (nSPS) is 16.3. The van der Waals surface area contributed by atoms with Gasteiger partial charge in [-0.05, 0) is 37.0 Å². The number of nitrogens with one attached hydrogen (secondary N) is 2. The SMILES string of the molecule is COc1ccc(CC2(CCCCCCCC(F)(F)F)C(=O)NC(=O)NC2=O)cc1. The Labute approximate surface area is 167 Å². The molecule has 4 amide bonds. The number of methoxy groups -OCH3 is 1. The summed E-state index contributed by atoms with van der Waals surface area (Å²) in [4.78, 5) is 36.7. The number of ether oxygens (including phenoxy) is 1.